The van der Waals surface area contributed by atoms with E-state index in [1.807, 2.05) is 0 Å². The van der Waals surface area contributed by atoms with E-state index >= 15 is 0 Å². The number of nitrogens with two attached hydrogens (primary N) is 1. The highest BCUT2D eigenvalue weighted by atomic mass is 35.5. The van der Waals surface area contributed by atoms with E-state index in [1.54, 1.807) is 18.2 Å². The van der Waals surface area contributed by atoms with Crippen LogP contribution in [0, 0.1) is 5.41 Å². The summed E-state index contributed by atoms with van der Waals surface area (Å²) < 4.78 is 27.7. The lowest BCUT2D eigenvalue weighted by Gasteiger charge is -2.27. The van der Waals surface area contributed by atoms with Gasteiger partial charge in [-0.3, -0.25) is 0 Å². The molecular formula is C15H23ClN2O2S. The Morgan fingerprint density at radius 2 is 2.00 bits per heavy atom. The molecule has 0 saturated heterocycles. The van der Waals surface area contributed by atoms with Gasteiger partial charge in [-0.05, 0) is 42.4 Å². The van der Waals surface area contributed by atoms with Crippen LogP contribution in [0.25, 0.3) is 0 Å². The Labute approximate surface area is 132 Å². The summed E-state index contributed by atoms with van der Waals surface area (Å²) in [5.41, 5.74) is 6.43. The van der Waals surface area contributed by atoms with Gasteiger partial charge < -0.3 is 5.73 Å². The zero-order valence-corrected chi connectivity index (χ0v) is 13.9. The predicted molar refractivity (Wildman–Crippen MR) is 85.7 cm³/mol. The van der Waals surface area contributed by atoms with Crippen LogP contribution in [-0.4, -0.2) is 15.0 Å². The summed E-state index contributed by atoms with van der Waals surface area (Å²) in [5, 5.41) is 0.233. The Hall–Kier alpha value is -0.620. The van der Waals surface area contributed by atoms with Crippen LogP contribution < -0.4 is 10.5 Å². The van der Waals surface area contributed by atoms with Crippen molar-refractivity contribution in [2.24, 2.45) is 11.1 Å². The molecule has 0 aromatic heterocycles. The molecule has 4 nitrogen and oxygen atoms in total. The quantitative estimate of drug-likeness (QED) is 0.842. The monoisotopic (exact) mass is 330 g/mol. The van der Waals surface area contributed by atoms with E-state index in [0.29, 0.717) is 13.1 Å². The third kappa shape index (κ3) is 3.77. The van der Waals surface area contributed by atoms with Crippen LogP contribution in [0.5, 0.6) is 0 Å². The summed E-state index contributed by atoms with van der Waals surface area (Å²) in [6.45, 7) is 2.90. The van der Waals surface area contributed by atoms with Gasteiger partial charge in [-0.2, -0.15) is 0 Å². The van der Waals surface area contributed by atoms with Gasteiger partial charge >= 0.3 is 0 Å². The van der Waals surface area contributed by atoms with Crippen LogP contribution in [0.3, 0.4) is 0 Å². The maximum absolute atomic E-state index is 12.5. The minimum Gasteiger partial charge on any atom is -0.326 e. The molecule has 118 valence electrons. The minimum atomic E-state index is -3.60. The summed E-state index contributed by atoms with van der Waals surface area (Å²) in [7, 11) is -3.60. The second kappa shape index (κ2) is 6.65. The lowest BCUT2D eigenvalue weighted by atomic mass is 9.84. The topological polar surface area (TPSA) is 72.2 Å². The molecule has 0 atom stereocenters. The van der Waals surface area contributed by atoms with Gasteiger partial charge in [0.1, 0.15) is 4.90 Å². The van der Waals surface area contributed by atoms with E-state index in [1.165, 1.54) is 12.8 Å². The molecule has 1 aliphatic carbocycles. The molecule has 21 heavy (non-hydrogen) atoms. The predicted octanol–water partition coefficient (Wildman–Crippen LogP) is 3.05. The molecule has 1 aliphatic rings. The van der Waals surface area contributed by atoms with Gasteiger partial charge in [0, 0.05) is 13.1 Å². The first-order valence-corrected chi connectivity index (χ1v) is 9.27. The van der Waals surface area contributed by atoms with E-state index < -0.39 is 10.0 Å². The number of benzene rings is 1. The first-order chi connectivity index (χ1) is 9.92. The highest BCUT2D eigenvalue weighted by Crippen LogP contribution is 2.40. The van der Waals surface area contributed by atoms with Crippen LogP contribution in [0.2, 0.25) is 5.02 Å². The Balaban J connectivity index is 2.18. The van der Waals surface area contributed by atoms with E-state index in [9.17, 15) is 8.42 Å². The second-order valence-electron chi connectivity index (χ2n) is 5.85. The standard InChI is InChI=1S/C15H23ClN2O2S/c1-2-15(7-3-4-8-15)11-18-21(19,20)14-9-12(10-17)5-6-13(14)16/h5-6,9,18H,2-4,7-8,10-11,17H2,1H3. The van der Waals surface area contributed by atoms with E-state index in [4.69, 9.17) is 17.3 Å². The third-order valence-electron chi connectivity index (χ3n) is 4.57. The fourth-order valence-corrected chi connectivity index (χ4v) is 4.69. The molecule has 0 spiro atoms. The van der Waals surface area contributed by atoms with Crippen molar-refractivity contribution < 1.29 is 8.42 Å². The van der Waals surface area contributed by atoms with Crippen LogP contribution in [0.15, 0.2) is 23.1 Å². The Morgan fingerprint density at radius 3 is 2.57 bits per heavy atom. The SMILES string of the molecule is CCC1(CNS(=O)(=O)c2cc(CN)ccc2Cl)CCCC1. The minimum absolute atomic E-state index is 0.102. The fourth-order valence-electron chi connectivity index (χ4n) is 2.99. The van der Waals surface area contributed by atoms with Crippen molar-refractivity contribution in [2.75, 3.05) is 6.54 Å². The molecule has 1 fully saturated rings. The third-order valence-corrected chi connectivity index (χ3v) is 6.46. The molecule has 1 aromatic rings. The molecular weight excluding hydrogens is 308 g/mol. The number of hydrogen-bond donors (Lipinski definition) is 2. The number of rotatable bonds is 6. The van der Waals surface area contributed by atoms with Gasteiger partial charge in [0.05, 0.1) is 5.02 Å². The maximum Gasteiger partial charge on any atom is 0.242 e. The van der Waals surface area contributed by atoms with E-state index in [2.05, 4.69) is 11.6 Å². The van der Waals surface area contributed by atoms with Crippen molar-refractivity contribution >= 4 is 21.6 Å². The van der Waals surface area contributed by atoms with Crippen molar-refractivity contribution in [3.8, 4) is 0 Å². The molecule has 0 amide bonds. The van der Waals surface area contributed by atoms with Gasteiger partial charge in [-0.25, -0.2) is 13.1 Å². The maximum atomic E-state index is 12.5. The fraction of sp³-hybridized carbons (Fsp3) is 0.600. The lowest BCUT2D eigenvalue weighted by Crippen LogP contribution is -2.35. The van der Waals surface area contributed by atoms with Crippen LogP contribution >= 0.6 is 11.6 Å². The van der Waals surface area contributed by atoms with Crippen molar-refractivity contribution in [3.63, 3.8) is 0 Å². The van der Waals surface area contributed by atoms with E-state index in [-0.39, 0.29) is 15.3 Å². The highest BCUT2D eigenvalue weighted by molar-refractivity contribution is 7.89. The second-order valence-corrected chi connectivity index (χ2v) is 8.00. The molecule has 0 heterocycles. The molecule has 0 radical (unpaired) electrons. The van der Waals surface area contributed by atoms with Crippen molar-refractivity contribution in [1.29, 1.82) is 0 Å². The molecule has 1 saturated carbocycles. The molecule has 2 rings (SSSR count). The van der Waals surface area contributed by atoms with Crippen LogP contribution in [0.4, 0.5) is 0 Å². The number of halogens is 1. The van der Waals surface area contributed by atoms with Gasteiger partial charge in [-0.1, -0.05) is 37.4 Å². The van der Waals surface area contributed by atoms with Gasteiger partial charge in [0.25, 0.3) is 0 Å². The van der Waals surface area contributed by atoms with Gasteiger partial charge in [0.15, 0.2) is 0 Å². The zero-order valence-electron chi connectivity index (χ0n) is 12.4. The van der Waals surface area contributed by atoms with Gasteiger partial charge in [0.2, 0.25) is 10.0 Å². The summed E-state index contributed by atoms with van der Waals surface area (Å²) in [4.78, 5) is 0.122. The average Bonchev–Trinajstić information content (AvgIpc) is 2.95. The van der Waals surface area contributed by atoms with Crippen LogP contribution in [-0.2, 0) is 16.6 Å². The van der Waals surface area contributed by atoms with Crippen LogP contribution in [0.1, 0.15) is 44.6 Å². The molecule has 0 bridgehead atoms. The summed E-state index contributed by atoms with van der Waals surface area (Å²) >= 11 is 6.04. The van der Waals surface area contributed by atoms with Crippen molar-refractivity contribution in [1.82, 2.24) is 4.72 Å². The smallest absolute Gasteiger partial charge is 0.242 e. The summed E-state index contributed by atoms with van der Waals surface area (Å²) in [6, 6.07) is 4.88. The number of hydrogen-bond acceptors (Lipinski definition) is 3. The zero-order chi connectivity index (χ0) is 15.5. The summed E-state index contributed by atoms with van der Waals surface area (Å²) in [5.74, 6) is 0. The molecule has 6 heteroatoms. The molecule has 1 aromatic carbocycles. The lowest BCUT2D eigenvalue weighted by molar-refractivity contribution is 0.285. The average molecular weight is 331 g/mol. The first kappa shape index (κ1) is 16.7. The Kier molecular flexibility index (Phi) is 5.30. The highest BCUT2D eigenvalue weighted by Gasteiger charge is 2.33. The first-order valence-electron chi connectivity index (χ1n) is 7.41. The normalized spacial score (nSPS) is 18.0. The summed E-state index contributed by atoms with van der Waals surface area (Å²) in [6.07, 6.45) is 5.52. The van der Waals surface area contributed by atoms with Gasteiger partial charge in [-0.15, -0.1) is 0 Å². The van der Waals surface area contributed by atoms with Crippen molar-refractivity contribution in [3.05, 3.63) is 28.8 Å². The van der Waals surface area contributed by atoms with E-state index in [0.717, 1.165) is 24.8 Å². The molecule has 0 unspecified atom stereocenters. The number of nitrogens with one attached hydrogen (secondary N) is 1. The molecule has 0 aliphatic heterocycles. The number of sulfonamides is 1. The largest absolute Gasteiger partial charge is 0.326 e. The Morgan fingerprint density at radius 1 is 1.33 bits per heavy atom. The van der Waals surface area contributed by atoms with Crippen molar-refractivity contribution in [2.45, 2.75) is 50.5 Å². The Bertz CT molecular complexity index is 596. The molecule has 3 N–H and O–H groups in total.